The number of hydrogen-bond donors (Lipinski definition) is 2. The van der Waals surface area contributed by atoms with E-state index in [1.54, 1.807) is 30.3 Å². The first-order chi connectivity index (χ1) is 12.5. The second-order valence-electron chi connectivity index (χ2n) is 5.74. The monoisotopic (exact) mass is 372 g/mol. The Bertz CT molecular complexity index is 981. The lowest BCUT2D eigenvalue weighted by Crippen LogP contribution is -2.42. The molecule has 0 aliphatic heterocycles. The van der Waals surface area contributed by atoms with E-state index in [9.17, 15) is 9.59 Å². The topological polar surface area (TPSA) is 80.6 Å². The van der Waals surface area contributed by atoms with E-state index >= 15 is 0 Å². The molecule has 0 fully saturated rings. The third-order valence-electron chi connectivity index (χ3n) is 3.95. The van der Waals surface area contributed by atoms with Gasteiger partial charge in [-0.05, 0) is 36.8 Å². The average Bonchev–Trinajstić information content (AvgIpc) is 3.01. The molecule has 0 aliphatic rings. The van der Waals surface area contributed by atoms with Gasteiger partial charge < -0.3 is 9.15 Å². The summed E-state index contributed by atoms with van der Waals surface area (Å²) in [4.78, 5) is 24.3. The number of ether oxygens (including phenoxy) is 1. The van der Waals surface area contributed by atoms with Crippen LogP contribution in [0.2, 0.25) is 5.02 Å². The van der Waals surface area contributed by atoms with Gasteiger partial charge in [0.05, 0.1) is 25.4 Å². The Morgan fingerprint density at radius 1 is 1.19 bits per heavy atom. The van der Waals surface area contributed by atoms with Gasteiger partial charge in [0, 0.05) is 16.0 Å². The first-order valence-corrected chi connectivity index (χ1v) is 8.26. The van der Waals surface area contributed by atoms with Crippen molar-refractivity contribution in [1.82, 2.24) is 10.9 Å². The number of amides is 2. The highest BCUT2D eigenvalue weighted by molar-refractivity contribution is 6.32. The summed E-state index contributed by atoms with van der Waals surface area (Å²) in [7, 11) is 1.47. The zero-order chi connectivity index (χ0) is 18.7. The third kappa shape index (κ3) is 3.65. The Kier molecular flexibility index (Phi) is 5.14. The Hall–Kier alpha value is -2.99. The Balaban J connectivity index is 1.66. The van der Waals surface area contributed by atoms with Crippen molar-refractivity contribution < 1.29 is 18.7 Å². The van der Waals surface area contributed by atoms with E-state index in [2.05, 4.69) is 10.9 Å². The quantitative estimate of drug-likeness (QED) is 0.688. The maximum absolute atomic E-state index is 12.2. The second kappa shape index (κ2) is 7.49. The molecule has 134 valence electrons. The van der Waals surface area contributed by atoms with Crippen LogP contribution in [0.15, 0.2) is 47.1 Å². The molecule has 2 N–H and O–H groups in total. The number of methoxy groups -OCH3 is 1. The van der Waals surface area contributed by atoms with Crippen molar-refractivity contribution in [2.75, 3.05) is 7.11 Å². The van der Waals surface area contributed by atoms with Crippen LogP contribution in [0.1, 0.15) is 21.5 Å². The number of hydrazine groups is 1. The number of benzene rings is 2. The van der Waals surface area contributed by atoms with E-state index < -0.39 is 5.91 Å². The highest BCUT2D eigenvalue weighted by Gasteiger charge is 2.15. The van der Waals surface area contributed by atoms with Gasteiger partial charge >= 0.3 is 0 Å². The number of fused-ring (bicyclic) bond motifs is 1. The van der Waals surface area contributed by atoms with Gasteiger partial charge in [0.1, 0.15) is 11.3 Å². The minimum absolute atomic E-state index is 0.0403. The minimum atomic E-state index is -0.466. The van der Waals surface area contributed by atoms with E-state index in [4.69, 9.17) is 20.8 Å². The SMILES string of the molecule is COc1ccccc1C(=O)NNC(=O)Cc1coc2cc(C)c(Cl)cc12. The first kappa shape index (κ1) is 17.8. The fourth-order valence-corrected chi connectivity index (χ4v) is 2.75. The number of para-hydroxylation sites is 1. The van der Waals surface area contributed by atoms with Crippen molar-refractivity contribution in [1.29, 1.82) is 0 Å². The van der Waals surface area contributed by atoms with Gasteiger partial charge in [-0.3, -0.25) is 20.4 Å². The van der Waals surface area contributed by atoms with Crippen LogP contribution in [-0.2, 0) is 11.2 Å². The Morgan fingerprint density at radius 2 is 1.96 bits per heavy atom. The minimum Gasteiger partial charge on any atom is -0.496 e. The molecule has 0 unspecified atom stereocenters. The molecular weight excluding hydrogens is 356 g/mol. The largest absolute Gasteiger partial charge is 0.496 e. The van der Waals surface area contributed by atoms with E-state index in [-0.39, 0.29) is 12.3 Å². The Morgan fingerprint density at radius 3 is 2.73 bits per heavy atom. The number of hydrogen-bond acceptors (Lipinski definition) is 4. The molecule has 2 aromatic carbocycles. The summed E-state index contributed by atoms with van der Waals surface area (Å²) in [6.45, 7) is 1.88. The van der Waals surface area contributed by atoms with E-state index in [1.165, 1.54) is 13.4 Å². The van der Waals surface area contributed by atoms with Crippen LogP contribution in [0.3, 0.4) is 0 Å². The Labute approximate surface area is 155 Å². The van der Waals surface area contributed by atoms with Crippen molar-refractivity contribution >= 4 is 34.4 Å². The molecule has 7 heteroatoms. The lowest BCUT2D eigenvalue weighted by atomic mass is 10.1. The van der Waals surface area contributed by atoms with Crippen molar-refractivity contribution in [3.05, 3.63) is 64.4 Å². The number of nitrogens with one attached hydrogen (secondary N) is 2. The lowest BCUT2D eigenvalue weighted by molar-refractivity contribution is -0.121. The maximum Gasteiger partial charge on any atom is 0.273 e. The van der Waals surface area contributed by atoms with Crippen LogP contribution in [0, 0.1) is 6.92 Å². The van der Waals surface area contributed by atoms with Crippen molar-refractivity contribution in [3.63, 3.8) is 0 Å². The molecule has 0 atom stereocenters. The zero-order valence-corrected chi connectivity index (χ0v) is 15.0. The van der Waals surface area contributed by atoms with Gasteiger partial charge in [-0.15, -0.1) is 0 Å². The van der Waals surface area contributed by atoms with E-state index in [0.29, 0.717) is 27.5 Å². The standard InChI is InChI=1S/C19H17ClN2O4/c1-11-7-17-14(9-15(11)20)12(10-26-17)8-18(23)21-22-19(24)13-5-3-4-6-16(13)25-2/h3-7,9-10H,8H2,1-2H3,(H,21,23)(H,22,24). The maximum atomic E-state index is 12.2. The molecule has 6 nitrogen and oxygen atoms in total. The van der Waals surface area contributed by atoms with Crippen LogP contribution in [0.4, 0.5) is 0 Å². The molecule has 0 saturated carbocycles. The summed E-state index contributed by atoms with van der Waals surface area (Å²) in [5.41, 5.74) is 7.34. The van der Waals surface area contributed by atoms with Gasteiger partial charge in [0.15, 0.2) is 0 Å². The molecule has 0 saturated heterocycles. The molecule has 1 heterocycles. The highest BCUT2D eigenvalue weighted by Crippen LogP contribution is 2.27. The predicted molar refractivity (Wildman–Crippen MR) is 98.3 cm³/mol. The van der Waals surface area contributed by atoms with E-state index in [1.807, 2.05) is 13.0 Å². The van der Waals surface area contributed by atoms with Crippen LogP contribution in [-0.4, -0.2) is 18.9 Å². The van der Waals surface area contributed by atoms with Gasteiger partial charge in [0.25, 0.3) is 5.91 Å². The molecule has 3 rings (SSSR count). The molecule has 1 aromatic heterocycles. The van der Waals surface area contributed by atoms with Crippen LogP contribution < -0.4 is 15.6 Å². The first-order valence-electron chi connectivity index (χ1n) is 7.88. The summed E-state index contributed by atoms with van der Waals surface area (Å²) in [6.07, 6.45) is 1.56. The summed E-state index contributed by atoms with van der Waals surface area (Å²) in [5.74, 6) is -0.427. The van der Waals surface area contributed by atoms with Crippen LogP contribution in [0.5, 0.6) is 5.75 Å². The number of carbonyl (C=O) groups is 2. The fourth-order valence-electron chi connectivity index (χ4n) is 2.58. The predicted octanol–water partition coefficient (Wildman–Crippen LogP) is 3.41. The normalized spacial score (nSPS) is 10.6. The van der Waals surface area contributed by atoms with Crippen LogP contribution >= 0.6 is 11.6 Å². The number of carbonyl (C=O) groups excluding carboxylic acids is 2. The molecule has 2 amide bonds. The summed E-state index contributed by atoms with van der Waals surface area (Å²) in [5, 5.41) is 1.37. The van der Waals surface area contributed by atoms with Gasteiger partial charge in [-0.1, -0.05) is 23.7 Å². The summed E-state index contributed by atoms with van der Waals surface area (Å²) >= 11 is 6.14. The summed E-state index contributed by atoms with van der Waals surface area (Å²) < 4.78 is 10.6. The zero-order valence-electron chi connectivity index (χ0n) is 14.3. The molecule has 0 radical (unpaired) electrons. The fraction of sp³-hybridized carbons (Fsp3) is 0.158. The van der Waals surface area contributed by atoms with Crippen molar-refractivity contribution in [2.45, 2.75) is 13.3 Å². The number of aryl methyl sites for hydroxylation is 1. The average molecular weight is 373 g/mol. The van der Waals surface area contributed by atoms with Crippen molar-refractivity contribution in [3.8, 4) is 5.75 Å². The van der Waals surface area contributed by atoms with Crippen LogP contribution in [0.25, 0.3) is 11.0 Å². The number of halogens is 1. The molecule has 26 heavy (non-hydrogen) atoms. The molecule has 0 bridgehead atoms. The van der Waals surface area contributed by atoms with E-state index in [0.717, 1.165) is 10.9 Å². The third-order valence-corrected chi connectivity index (χ3v) is 4.36. The van der Waals surface area contributed by atoms with Gasteiger partial charge in [-0.25, -0.2) is 0 Å². The van der Waals surface area contributed by atoms with Crippen molar-refractivity contribution in [2.24, 2.45) is 0 Å². The molecule has 3 aromatic rings. The smallest absolute Gasteiger partial charge is 0.273 e. The summed E-state index contributed by atoms with van der Waals surface area (Å²) in [6, 6.07) is 10.3. The van der Waals surface area contributed by atoms with Gasteiger partial charge in [0.2, 0.25) is 5.91 Å². The van der Waals surface area contributed by atoms with Gasteiger partial charge in [-0.2, -0.15) is 0 Å². The highest BCUT2D eigenvalue weighted by atomic mass is 35.5. The molecule has 0 spiro atoms. The number of rotatable bonds is 4. The molecule has 0 aliphatic carbocycles. The second-order valence-corrected chi connectivity index (χ2v) is 6.15. The number of furan rings is 1. The lowest BCUT2D eigenvalue weighted by Gasteiger charge is -2.10. The molecular formula is C19H17ClN2O4.